The minimum Gasteiger partial charge on any atom is -0.508 e. The number of hydrazine groups is 1. The minimum absolute atomic E-state index is 0.00866. The van der Waals surface area contributed by atoms with Crippen molar-refractivity contribution in [3.63, 3.8) is 0 Å². The zero-order valence-electron chi connectivity index (χ0n) is 24.5. The first kappa shape index (κ1) is 31.2. The number of likely N-dealkylation sites (tertiary alicyclic amines) is 1. The molecule has 2 N–H and O–H groups in total. The van der Waals surface area contributed by atoms with E-state index in [-0.39, 0.29) is 36.2 Å². The van der Waals surface area contributed by atoms with E-state index in [4.69, 9.17) is 23.2 Å². The van der Waals surface area contributed by atoms with Crippen LogP contribution < -0.4 is 5.43 Å². The summed E-state index contributed by atoms with van der Waals surface area (Å²) < 4.78 is 40.0. The topological polar surface area (TPSA) is 120 Å². The Kier molecular flexibility index (Phi) is 7.18. The monoisotopic (exact) mass is 684 g/mol. The number of imide groups is 2. The summed E-state index contributed by atoms with van der Waals surface area (Å²) in [6.45, 7) is 0. The van der Waals surface area contributed by atoms with Gasteiger partial charge >= 0.3 is 6.18 Å². The Bertz CT molecular complexity index is 1900. The lowest BCUT2D eigenvalue weighted by atomic mass is 9.49. The van der Waals surface area contributed by atoms with Crippen LogP contribution in [0, 0.1) is 23.7 Å². The van der Waals surface area contributed by atoms with Crippen LogP contribution in [-0.2, 0) is 30.8 Å². The maximum Gasteiger partial charge on any atom is 0.417 e. The molecule has 1 aromatic heterocycles. The molecular weight excluding hydrogens is 660 g/mol. The van der Waals surface area contributed by atoms with Crippen molar-refractivity contribution in [3.8, 4) is 5.75 Å². The van der Waals surface area contributed by atoms with Crippen molar-refractivity contribution in [1.29, 1.82) is 0 Å². The highest BCUT2D eigenvalue weighted by atomic mass is 35.5. The summed E-state index contributed by atoms with van der Waals surface area (Å²) in [5.41, 5.74) is 1.37. The summed E-state index contributed by atoms with van der Waals surface area (Å²) >= 11 is 12.4. The summed E-state index contributed by atoms with van der Waals surface area (Å²) in [5.74, 6) is -6.67. The van der Waals surface area contributed by atoms with E-state index in [2.05, 4.69) is 10.4 Å². The smallest absolute Gasteiger partial charge is 0.417 e. The number of alkyl halides is 3. The van der Waals surface area contributed by atoms with Crippen molar-refractivity contribution in [2.75, 3.05) is 12.5 Å². The van der Waals surface area contributed by atoms with E-state index < -0.39 is 63.6 Å². The lowest BCUT2D eigenvalue weighted by Gasteiger charge is -2.50. The molecule has 9 nitrogen and oxygen atoms in total. The van der Waals surface area contributed by atoms with E-state index >= 15 is 0 Å². The SMILES string of the molecule is CN1C(=O)C2CC=C3C(CC4C(=O)N(Nc5ncc(C(F)(F)F)cc5Cl)C(=O)C4(c4ccc(Cl)cc4)C3c3cccc(O)c3)C2C1=O. The average Bonchev–Trinajstić information content (AvgIpc) is 3.38. The molecule has 4 aliphatic rings. The van der Waals surface area contributed by atoms with Gasteiger partial charge in [-0.1, -0.05) is 59.1 Å². The van der Waals surface area contributed by atoms with E-state index in [1.165, 1.54) is 19.2 Å². The highest BCUT2D eigenvalue weighted by Crippen LogP contribution is 2.64. The van der Waals surface area contributed by atoms with Gasteiger partial charge < -0.3 is 5.11 Å². The average molecular weight is 685 g/mol. The van der Waals surface area contributed by atoms with Crippen LogP contribution in [0.1, 0.15) is 35.4 Å². The van der Waals surface area contributed by atoms with Gasteiger partial charge in [0.25, 0.3) is 11.8 Å². The molecule has 47 heavy (non-hydrogen) atoms. The highest BCUT2D eigenvalue weighted by Gasteiger charge is 2.70. The van der Waals surface area contributed by atoms with E-state index in [9.17, 15) is 37.5 Å². The van der Waals surface area contributed by atoms with Gasteiger partial charge in [0, 0.05) is 24.2 Å². The van der Waals surface area contributed by atoms with E-state index in [0.717, 1.165) is 9.91 Å². The summed E-state index contributed by atoms with van der Waals surface area (Å²) in [6, 6.07) is 13.3. The van der Waals surface area contributed by atoms with Gasteiger partial charge in [0.1, 0.15) is 5.75 Å². The third-order valence-corrected chi connectivity index (χ3v) is 10.5. The Morgan fingerprint density at radius 1 is 0.979 bits per heavy atom. The molecule has 3 aromatic rings. The van der Waals surface area contributed by atoms with E-state index in [1.54, 1.807) is 36.4 Å². The predicted molar refractivity (Wildman–Crippen MR) is 163 cm³/mol. The maximum absolute atomic E-state index is 15.0. The first-order chi connectivity index (χ1) is 22.2. The number of carbonyl (C=O) groups is 4. The van der Waals surface area contributed by atoms with Crippen molar-refractivity contribution in [2.24, 2.45) is 23.7 Å². The fourth-order valence-electron chi connectivity index (χ4n) is 8.02. The first-order valence-electron chi connectivity index (χ1n) is 14.7. The number of amides is 4. The number of halogens is 5. The van der Waals surface area contributed by atoms with Crippen LogP contribution >= 0.6 is 23.2 Å². The molecule has 2 aliphatic carbocycles. The van der Waals surface area contributed by atoms with Crippen LogP contribution in [0.5, 0.6) is 5.75 Å². The lowest BCUT2D eigenvalue weighted by molar-refractivity contribution is -0.140. The zero-order chi connectivity index (χ0) is 33.6. The number of rotatable bonds is 4. The molecule has 7 rings (SSSR count). The Morgan fingerprint density at radius 2 is 1.70 bits per heavy atom. The fourth-order valence-corrected chi connectivity index (χ4v) is 8.35. The Labute approximate surface area is 275 Å². The fraction of sp³-hybridized carbons (Fsp3) is 0.303. The third-order valence-electron chi connectivity index (χ3n) is 9.98. The third kappa shape index (κ3) is 4.56. The number of hydrogen-bond donors (Lipinski definition) is 2. The summed E-state index contributed by atoms with van der Waals surface area (Å²) in [4.78, 5) is 60.9. The molecule has 0 spiro atoms. The highest BCUT2D eigenvalue weighted by molar-refractivity contribution is 6.33. The lowest BCUT2D eigenvalue weighted by Crippen LogP contribution is -2.53. The molecule has 0 bridgehead atoms. The molecule has 1 saturated carbocycles. The van der Waals surface area contributed by atoms with Crippen molar-refractivity contribution >= 4 is 52.6 Å². The first-order valence-corrected chi connectivity index (χ1v) is 15.4. The largest absolute Gasteiger partial charge is 0.508 e. The standard InChI is InChI=1S/C33H25Cl2F3N4O5/c1-41-28(44)21-10-9-20-22(25(21)30(41)46)13-23-29(45)42(40-27-24(35)12-17(14-39-27)33(36,37)38)31(47)32(23,16-5-7-18(34)8-6-16)26(20)15-3-2-4-19(43)11-15/h2-9,11-12,14,21-23,25-26,43H,10,13H2,1H3,(H,39,40). The van der Waals surface area contributed by atoms with Crippen LogP contribution in [0.2, 0.25) is 10.0 Å². The number of allylic oxidation sites excluding steroid dienone is 2. The molecule has 3 heterocycles. The molecular formula is C33H25Cl2F3N4O5. The van der Waals surface area contributed by atoms with Gasteiger partial charge in [0.2, 0.25) is 11.8 Å². The Hall–Kier alpha value is -4.42. The number of fused-ring (bicyclic) bond motifs is 4. The molecule has 2 aliphatic heterocycles. The van der Waals surface area contributed by atoms with E-state index in [1.807, 2.05) is 6.08 Å². The number of phenols is 1. The Balaban J connectivity index is 1.44. The van der Waals surface area contributed by atoms with Crippen LogP contribution in [0.4, 0.5) is 19.0 Å². The van der Waals surface area contributed by atoms with Crippen molar-refractivity contribution in [3.05, 3.63) is 99.2 Å². The number of pyridine rings is 1. The van der Waals surface area contributed by atoms with Crippen LogP contribution in [0.25, 0.3) is 0 Å². The summed E-state index contributed by atoms with van der Waals surface area (Å²) in [6.07, 6.45) is -2.09. The van der Waals surface area contributed by atoms with Crippen LogP contribution in [-0.4, -0.2) is 50.7 Å². The summed E-state index contributed by atoms with van der Waals surface area (Å²) in [5, 5.41) is 11.2. The van der Waals surface area contributed by atoms with E-state index in [0.29, 0.717) is 34.0 Å². The molecule has 2 saturated heterocycles. The molecule has 3 fully saturated rings. The zero-order valence-corrected chi connectivity index (χ0v) is 26.0. The number of aromatic hydroxyl groups is 1. The van der Waals surface area contributed by atoms with Gasteiger partial charge in [-0.05, 0) is 60.2 Å². The van der Waals surface area contributed by atoms with Gasteiger partial charge in [-0.2, -0.15) is 18.2 Å². The maximum atomic E-state index is 15.0. The van der Waals surface area contributed by atoms with Crippen molar-refractivity contribution in [1.82, 2.24) is 14.9 Å². The molecule has 6 atom stereocenters. The normalized spacial score (nSPS) is 28.6. The van der Waals surface area contributed by atoms with Crippen molar-refractivity contribution in [2.45, 2.75) is 30.4 Å². The number of carbonyl (C=O) groups excluding carboxylic acids is 4. The molecule has 0 radical (unpaired) electrons. The van der Waals surface area contributed by atoms with Crippen LogP contribution in [0.3, 0.4) is 0 Å². The number of hydrogen-bond acceptors (Lipinski definition) is 7. The quantitative estimate of drug-likeness (QED) is 0.266. The van der Waals surface area contributed by atoms with Gasteiger partial charge in [0.05, 0.1) is 33.8 Å². The second-order valence-electron chi connectivity index (χ2n) is 12.2. The molecule has 242 valence electrons. The Morgan fingerprint density at radius 3 is 2.36 bits per heavy atom. The number of phenolic OH excluding ortho intramolecular Hbond substituents is 1. The second kappa shape index (κ2) is 10.8. The van der Waals surface area contributed by atoms with Gasteiger partial charge in [0.15, 0.2) is 5.82 Å². The predicted octanol–water partition coefficient (Wildman–Crippen LogP) is 5.73. The number of nitrogens with one attached hydrogen (secondary N) is 1. The molecule has 6 unspecified atom stereocenters. The van der Waals surface area contributed by atoms with Crippen LogP contribution in [0.15, 0.2) is 72.4 Å². The molecule has 4 amide bonds. The molecule has 14 heteroatoms. The molecule has 2 aromatic carbocycles. The number of nitrogens with zero attached hydrogens (tertiary/aromatic N) is 3. The van der Waals surface area contributed by atoms with Crippen molar-refractivity contribution < 1.29 is 37.5 Å². The van der Waals surface area contributed by atoms with Gasteiger partial charge in [-0.25, -0.2) is 4.98 Å². The minimum atomic E-state index is -4.73. The number of benzene rings is 2. The number of aromatic nitrogens is 1. The number of anilines is 1. The second-order valence-corrected chi connectivity index (χ2v) is 13.1. The van der Waals surface area contributed by atoms with Gasteiger partial charge in [-0.15, -0.1) is 0 Å². The summed E-state index contributed by atoms with van der Waals surface area (Å²) in [7, 11) is 1.42. The van der Waals surface area contributed by atoms with Gasteiger partial charge in [-0.3, -0.25) is 29.5 Å².